The number of halogens is 1. The van der Waals surface area contributed by atoms with Gasteiger partial charge in [-0.2, -0.15) is 0 Å². The number of para-hydroxylation sites is 2. The van der Waals surface area contributed by atoms with Crippen LogP contribution in [0.3, 0.4) is 0 Å². The number of carbonyl (C=O) groups excluding carboxylic acids is 2. The number of hydrogen-bond acceptors (Lipinski definition) is 4. The fraction of sp³-hybridized carbons (Fsp3) is 0.214. The minimum atomic E-state index is -0.0421. The predicted octanol–water partition coefficient (Wildman–Crippen LogP) is 5.77. The lowest BCUT2D eigenvalue weighted by molar-refractivity contribution is 0.0537. The van der Waals surface area contributed by atoms with Crippen LogP contribution in [-0.4, -0.2) is 59.5 Å². The van der Waals surface area contributed by atoms with Gasteiger partial charge in [-0.1, -0.05) is 41.9 Å². The van der Waals surface area contributed by atoms with Crippen LogP contribution in [0.25, 0.3) is 16.9 Å². The summed E-state index contributed by atoms with van der Waals surface area (Å²) in [4.78, 5) is 30.8. The Morgan fingerprint density at radius 1 is 0.889 bits per heavy atom. The molecule has 2 aromatic heterocycles. The topological polar surface area (TPSA) is 54.8 Å². The van der Waals surface area contributed by atoms with E-state index >= 15 is 0 Å². The molecule has 0 bridgehead atoms. The highest BCUT2D eigenvalue weighted by molar-refractivity contribution is 7.12. The van der Waals surface area contributed by atoms with Gasteiger partial charge >= 0.3 is 0 Å². The SMILES string of the molecule is COc1ccccc1-n1c(-c2ccc(Cl)cc2)cc(C(=O)N2CCN(C(=O)c3cccs3)CC2)c1C. The second kappa shape index (κ2) is 10.2. The molecule has 1 saturated heterocycles. The lowest BCUT2D eigenvalue weighted by Crippen LogP contribution is -2.50. The van der Waals surface area contributed by atoms with Crippen molar-refractivity contribution < 1.29 is 14.3 Å². The first-order chi connectivity index (χ1) is 17.5. The summed E-state index contributed by atoms with van der Waals surface area (Å²) in [7, 11) is 1.64. The van der Waals surface area contributed by atoms with Crippen LogP contribution in [0.2, 0.25) is 5.02 Å². The molecule has 0 unspecified atom stereocenters. The number of benzene rings is 2. The van der Waals surface area contributed by atoms with E-state index in [9.17, 15) is 9.59 Å². The molecule has 4 aromatic rings. The van der Waals surface area contributed by atoms with Crippen LogP contribution in [0.1, 0.15) is 25.7 Å². The largest absolute Gasteiger partial charge is 0.495 e. The number of hydrogen-bond donors (Lipinski definition) is 0. The molecule has 0 spiro atoms. The summed E-state index contributed by atoms with van der Waals surface area (Å²) in [6.45, 7) is 3.96. The quantitative estimate of drug-likeness (QED) is 0.336. The van der Waals surface area contributed by atoms with E-state index in [-0.39, 0.29) is 11.8 Å². The molecule has 0 atom stereocenters. The van der Waals surface area contributed by atoms with Crippen molar-refractivity contribution in [3.63, 3.8) is 0 Å². The fourth-order valence-electron chi connectivity index (χ4n) is 4.62. The Morgan fingerprint density at radius 3 is 2.19 bits per heavy atom. The second-order valence-corrected chi connectivity index (χ2v) is 9.99. The van der Waals surface area contributed by atoms with Crippen molar-refractivity contribution in [3.8, 4) is 22.7 Å². The molecule has 36 heavy (non-hydrogen) atoms. The highest BCUT2D eigenvalue weighted by Gasteiger charge is 2.29. The van der Waals surface area contributed by atoms with Crippen LogP contribution in [0.4, 0.5) is 0 Å². The number of methoxy groups -OCH3 is 1. The van der Waals surface area contributed by atoms with E-state index in [4.69, 9.17) is 16.3 Å². The summed E-state index contributed by atoms with van der Waals surface area (Å²) in [5.41, 5.74) is 4.13. The Hall–Kier alpha value is -3.55. The summed E-state index contributed by atoms with van der Waals surface area (Å²) in [6, 6.07) is 21.0. The van der Waals surface area contributed by atoms with Crippen LogP contribution in [-0.2, 0) is 0 Å². The van der Waals surface area contributed by atoms with E-state index in [1.807, 2.05) is 88.8 Å². The fourth-order valence-corrected chi connectivity index (χ4v) is 5.44. The number of rotatable bonds is 5. The maximum absolute atomic E-state index is 13.7. The molecular weight excluding hydrogens is 494 g/mol. The Morgan fingerprint density at radius 2 is 1.56 bits per heavy atom. The molecule has 5 rings (SSSR count). The molecular formula is C28H26ClN3O3S. The average molecular weight is 520 g/mol. The third-order valence-corrected chi connectivity index (χ3v) is 7.64. The number of nitrogens with zero attached hydrogens (tertiary/aromatic N) is 3. The Kier molecular flexibility index (Phi) is 6.85. The number of amides is 2. The van der Waals surface area contributed by atoms with Gasteiger partial charge in [-0.3, -0.25) is 9.59 Å². The second-order valence-electron chi connectivity index (χ2n) is 8.60. The highest BCUT2D eigenvalue weighted by atomic mass is 35.5. The van der Waals surface area contributed by atoms with Gasteiger partial charge in [0.15, 0.2) is 0 Å². The molecule has 1 fully saturated rings. The lowest BCUT2D eigenvalue weighted by Gasteiger charge is -2.34. The van der Waals surface area contributed by atoms with Gasteiger partial charge < -0.3 is 19.1 Å². The van der Waals surface area contributed by atoms with E-state index in [1.165, 1.54) is 11.3 Å². The zero-order valence-corrected chi connectivity index (χ0v) is 21.7. The van der Waals surface area contributed by atoms with Crippen LogP contribution < -0.4 is 4.74 Å². The molecule has 2 aromatic carbocycles. The van der Waals surface area contributed by atoms with Crippen LogP contribution in [0, 0.1) is 6.92 Å². The molecule has 2 amide bonds. The minimum absolute atomic E-state index is 0.0284. The summed E-state index contributed by atoms with van der Waals surface area (Å²) in [5.74, 6) is 0.700. The molecule has 0 aliphatic carbocycles. The zero-order valence-electron chi connectivity index (χ0n) is 20.1. The van der Waals surface area contributed by atoms with Crippen LogP contribution >= 0.6 is 22.9 Å². The van der Waals surface area contributed by atoms with E-state index in [0.29, 0.717) is 42.5 Å². The average Bonchev–Trinajstić information content (AvgIpc) is 3.57. The minimum Gasteiger partial charge on any atom is -0.495 e. The van der Waals surface area contributed by atoms with E-state index in [2.05, 4.69) is 4.57 Å². The number of aromatic nitrogens is 1. The van der Waals surface area contributed by atoms with Crippen molar-refractivity contribution in [2.75, 3.05) is 33.3 Å². The first-order valence-electron chi connectivity index (χ1n) is 11.7. The molecule has 6 nitrogen and oxygen atoms in total. The normalized spacial score (nSPS) is 13.6. The molecule has 0 saturated carbocycles. The van der Waals surface area contributed by atoms with Gasteiger partial charge in [0.05, 0.1) is 28.9 Å². The van der Waals surface area contributed by atoms with Gasteiger partial charge in [0.2, 0.25) is 0 Å². The lowest BCUT2D eigenvalue weighted by atomic mass is 10.1. The first-order valence-corrected chi connectivity index (χ1v) is 13.0. The molecule has 1 aliphatic heterocycles. The molecule has 184 valence electrons. The maximum Gasteiger partial charge on any atom is 0.264 e. The van der Waals surface area contributed by atoms with Crippen LogP contribution in [0.15, 0.2) is 72.1 Å². The number of carbonyl (C=O) groups is 2. The summed E-state index contributed by atoms with van der Waals surface area (Å²) in [5, 5.41) is 2.55. The smallest absolute Gasteiger partial charge is 0.264 e. The van der Waals surface area contributed by atoms with Crippen molar-refractivity contribution in [2.45, 2.75) is 6.92 Å². The summed E-state index contributed by atoms with van der Waals surface area (Å²) < 4.78 is 7.70. The Bertz CT molecular complexity index is 1390. The summed E-state index contributed by atoms with van der Waals surface area (Å²) >= 11 is 7.59. The third-order valence-electron chi connectivity index (χ3n) is 6.53. The van der Waals surface area contributed by atoms with E-state index < -0.39 is 0 Å². The van der Waals surface area contributed by atoms with E-state index in [0.717, 1.165) is 27.5 Å². The standard InChI is InChI=1S/C28H26ClN3O3S/c1-19-22(27(33)30-13-15-31(16-14-30)28(34)26-8-5-17-36-26)18-24(20-9-11-21(29)12-10-20)32(19)23-6-3-4-7-25(23)35-2/h3-12,17-18H,13-16H2,1-2H3. The van der Waals surface area contributed by atoms with Gasteiger partial charge in [0, 0.05) is 36.9 Å². The number of piperazine rings is 1. The summed E-state index contributed by atoms with van der Waals surface area (Å²) in [6.07, 6.45) is 0. The van der Waals surface area contributed by atoms with Gasteiger partial charge in [0.25, 0.3) is 11.8 Å². The van der Waals surface area contributed by atoms with Crippen LogP contribution in [0.5, 0.6) is 5.75 Å². The molecule has 0 radical (unpaired) electrons. The monoisotopic (exact) mass is 519 g/mol. The van der Waals surface area contributed by atoms with Crippen molar-refractivity contribution in [2.24, 2.45) is 0 Å². The van der Waals surface area contributed by atoms with E-state index in [1.54, 1.807) is 7.11 Å². The van der Waals surface area contributed by atoms with Crippen molar-refractivity contribution >= 4 is 34.8 Å². The van der Waals surface area contributed by atoms with Gasteiger partial charge in [-0.25, -0.2) is 0 Å². The van der Waals surface area contributed by atoms with Crippen molar-refractivity contribution in [3.05, 3.63) is 93.3 Å². The molecule has 1 aliphatic rings. The number of ether oxygens (including phenoxy) is 1. The number of thiophene rings is 1. The van der Waals surface area contributed by atoms with Gasteiger partial charge in [-0.15, -0.1) is 11.3 Å². The Labute approximate surface area is 219 Å². The molecule has 0 N–H and O–H groups in total. The Balaban J connectivity index is 1.47. The maximum atomic E-state index is 13.7. The molecule has 3 heterocycles. The first kappa shape index (κ1) is 24.2. The zero-order chi connectivity index (χ0) is 25.2. The van der Waals surface area contributed by atoms with Gasteiger partial charge in [-0.05, 0) is 54.3 Å². The van der Waals surface area contributed by atoms with Crippen molar-refractivity contribution in [1.82, 2.24) is 14.4 Å². The molecule has 8 heteroatoms. The third kappa shape index (κ3) is 4.52. The van der Waals surface area contributed by atoms with Gasteiger partial charge in [0.1, 0.15) is 5.75 Å². The highest BCUT2D eigenvalue weighted by Crippen LogP contribution is 2.34. The van der Waals surface area contributed by atoms with Crippen molar-refractivity contribution in [1.29, 1.82) is 0 Å². The predicted molar refractivity (Wildman–Crippen MR) is 144 cm³/mol.